The molecule has 2 heterocycles. The molecular formula is C16H32N2O2. The summed E-state index contributed by atoms with van der Waals surface area (Å²) >= 11 is 0. The average molecular weight is 284 g/mol. The Morgan fingerprint density at radius 2 is 1.75 bits per heavy atom. The van der Waals surface area contributed by atoms with Crippen molar-refractivity contribution >= 4 is 11.8 Å². The number of amides is 2. The first-order chi connectivity index (χ1) is 9.43. The maximum absolute atomic E-state index is 11.5. The number of carbonyl (C=O) groups is 2. The van der Waals surface area contributed by atoms with Crippen LogP contribution in [0.15, 0.2) is 0 Å². The largest absolute Gasteiger partial charge is 0.356 e. The minimum Gasteiger partial charge on any atom is -0.356 e. The molecule has 0 radical (unpaired) electrons. The first-order valence-corrected chi connectivity index (χ1v) is 8.02. The molecule has 0 aromatic rings. The molecule has 2 atom stereocenters. The zero-order chi connectivity index (χ0) is 15.7. The van der Waals surface area contributed by atoms with Crippen LogP contribution in [0.1, 0.15) is 67.2 Å². The third-order valence-corrected chi connectivity index (χ3v) is 3.55. The minimum atomic E-state index is 0.214. The summed E-state index contributed by atoms with van der Waals surface area (Å²) in [5, 5.41) is 2.74. The van der Waals surface area contributed by atoms with Gasteiger partial charge in [0.05, 0.1) is 0 Å². The van der Waals surface area contributed by atoms with Gasteiger partial charge in [-0.3, -0.25) is 9.59 Å². The van der Waals surface area contributed by atoms with E-state index in [4.69, 9.17) is 0 Å². The zero-order valence-corrected chi connectivity index (χ0v) is 14.0. The molecule has 4 nitrogen and oxygen atoms in total. The molecule has 2 rings (SSSR count). The van der Waals surface area contributed by atoms with E-state index in [0.29, 0.717) is 18.0 Å². The number of nitrogens with one attached hydrogen (secondary N) is 1. The summed E-state index contributed by atoms with van der Waals surface area (Å²) in [6, 6.07) is 0.806. The maximum Gasteiger partial charge on any atom is 0.225 e. The van der Waals surface area contributed by atoms with E-state index in [0.717, 1.165) is 32.2 Å². The van der Waals surface area contributed by atoms with E-state index in [1.165, 1.54) is 0 Å². The van der Waals surface area contributed by atoms with E-state index in [2.05, 4.69) is 26.1 Å². The fourth-order valence-corrected chi connectivity index (χ4v) is 2.69. The van der Waals surface area contributed by atoms with Gasteiger partial charge in [0, 0.05) is 31.0 Å². The highest BCUT2D eigenvalue weighted by Gasteiger charge is 2.35. The fraction of sp³-hybridized carbons (Fsp3) is 0.875. The Kier molecular flexibility index (Phi) is 9.26. The Balaban J connectivity index is 0.000000345. The van der Waals surface area contributed by atoms with Crippen LogP contribution in [0.25, 0.3) is 0 Å². The standard InChI is InChI=1S/C9H17NO.C5H9NO.C2H6/c1-6(2)10-8(4)5-7(3)9(10)11;7-5-3-1-2-4-6-5;1-2/h6-8H,5H2,1-4H3;1-4H2,(H,6,7);1-2H3. The number of carbonyl (C=O) groups excluding carboxylic acids is 2. The van der Waals surface area contributed by atoms with E-state index in [9.17, 15) is 9.59 Å². The molecule has 2 unspecified atom stereocenters. The quantitative estimate of drug-likeness (QED) is 0.805. The van der Waals surface area contributed by atoms with Crippen LogP contribution in [-0.4, -0.2) is 35.3 Å². The number of hydrogen-bond acceptors (Lipinski definition) is 2. The second kappa shape index (κ2) is 9.78. The molecule has 2 saturated heterocycles. The highest BCUT2D eigenvalue weighted by Crippen LogP contribution is 2.25. The van der Waals surface area contributed by atoms with E-state index in [1.807, 2.05) is 25.7 Å². The van der Waals surface area contributed by atoms with Crippen LogP contribution < -0.4 is 5.32 Å². The number of rotatable bonds is 1. The van der Waals surface area contributed by atoms with Gasteiger partial charge in [-0.15, -0.1) is 0 Å². The molecule has 0 spiro atoms. The van der Waals surface area contributed by atoms with Crippen LogP contribution in [0.4, 0.5) is 0 Å². The highest BCUT2D eigenvalue weighted by atomic mass is 16.2. The average Bonchev–Trinajstić information content (AvgIpc) is 2.67. The second-order valence-electron chi connectivity index (χ2n) is 5.63. The number of nitrogens with zero attached hydrogens (tertiary/aromatic N) is 1. The zero-order valence-electron chi connectivity index (χ0n) is 14.0. The normalized spacial score (nSPS) is 25.4. The third kappa shape index (κ3) is 5.93. The van der Waals surface area contributed by atoms with E-state index in [-0.39, 0.29) is 11.8 Å². The molecule has 1 N–H and O–H groups in total. The summed E-state index contributed by atoms with van der Waals surface area (Å²) in [7, 11) is 0. The van der Waals surface area contributed by atoms with Crippen LogP contribution in [0.5, 0.6) is 0 Å². The molecule has 4 heteroatoms. The van der Waals surface area contributed by atoms with Gasteiger partial charge in [-0.05, 0) is 40.0 Å². The Bertz CT molecular complexity index is 295. The van der Waals surface area contributed by atoms with Crippen molar-refractivity contribution in [2.75, 3.05) is 6.54 Å². The van der Waals surface area contributed by atoms with Crippen LogP contribution >= 0.6 is 0 Å². The summed E-state index contributed by atoms with van der Waals surface area (Å²) in [5.74, 6) is 0.783. The van der Waals surface area contributed by atoms with E-state index < -0.39 is 0 Å². The van der Waals surface area contributed by atoms with Gasteiger partial charge in [-0.1, -0.05) is 20.8 Å². The fourth-order valence-electron chi connectivity index (χ4n) is 2.69. The van der Waals surface area contributed by atoms with Crippen LogP contribution in [-0.2, 0) is 9.59 Å². The van der Waals surface area contributed by atoms with Crippen molar-refractivity contribution < 1.29 is 9.59 Å². The number of piperidine rings is 1. The van der Waals surface area contributed by atoms with Gasteiger partial charge >= 0.3 is 0 Å². The number of likely N-dealkylation sites (tertiary alicyclic amines) is 1. The van der Waals surface area contributed by atoms with Crippen molar-refractivity contribution in [2.24, 2.45) is 5.92 Å². The van der Waals surface area contributed by atoms with Gasteiger partial charge < -0.3 is 10.2 Å². The molecule has 2 fully saturated rings. The van der Waals surface area contributed by atoms with Crippen molar-refractivity contribution in [3.05, 3.63) is 0 Å². The Morgan fingerprint density at radius 1 is 1.15 bits per heavy atom. The molecule has 2 aliphatic heterocycles. The Labute approximate surface area is 124 Å². The van der Waals surface area contributed by atoms with Gasteiger partial charge in [-0.2, -0.15) is 0 Å². The smallest absolute Gasteiger partial charge is 0.225 e. The first-order valence-electron chi connectivity index (χ1n) is 8.02. The van der Waals surface area contributed by atoms with Crippen molar-refractivity contribution in [1.82, 2.24) is 10.2 Å². The van der Waals surface area contributed by atoms with Crippen LogP contribution in [0.3, 0.4) is 0 Å². The summed E-state index contributed by atoms with van der Waals surface area (Å²) in [6.45, 7) is 13.2. The molecule has 0 bridgehead atoms. The van der Waals surface area contributed by atoms with Crippen molar-refractivity contribution in [1.29, 1.82) is 0 Å². The lowest BCUT2D eigenvalue weighted by Gasteiger charge is -2.25. The molecule has 0 aromatic heterocycles. The maximum atomic E-state index is 11.5. The predicted octanol–water partition coefficient (Wildman–Crippen LogP) is 2.96. The van der Waals surface area contributed by atoms with Crippen molar-refractivity contribution in [2.45, 2.75) is 79.3 Å². The monoisotopic (exact) mass is 284 g/mol. The first kappa shape index (κ1) is 18.9. The molecule has 118 valence electrons. The summed E-state index contributed by atoms with van der Waals surface area (Å²) in [6.07, 6.45) is 3.99. The molecule has 0 aliphatic carbocycles. The lowest BCUT2D eigenvalue weighted by Crippen LogP contribution is -2.37. The van der Waals surface area contributed by atoms with Gasteiger partial charge in [0.15, 0.2) is 0 Å². The molecule has 0 saturated carbocycles. The molecular weight excluding hydrogens is 252 g/mol. The number of hydrogen-bond donors (Lipinski definition) is 1. The van der Waals surface area contributed by atoms with Crippen LogP contribution in [0.2, 0.25) is 0 Å². The van der Waals surface area contributed by atoms with Gasteiger partial charge in [-0.25, -0.2) is 0 Å². The van der Waals surface area contributed by atoms with Crippen molar-refractivity contribution in [3.8, 4) is 0 Å². The van der Waals surface area contributed by atoms with Gasteiger partial charge in [0.25, 0.3) is 0 Å². The van der Waals surface area contributed by atoms with Gasteiger partial charge in [0.1, 0.15) is 0 Å². The van der Waals surface area contributed by atoms with Crippen LogP contribution in [0, 0.1) is 5.92 Å². The van der Waals surface area contributed by atoms with E-state index in [1.54, 1.807) is 0 Å². The highest BCUT2D eigenvalue weighted by molar-refractivity contribution is 5.81. The molecule has 0 aromatic carbocycles. The molecule has 2 aliphatic rings. The predicted molar refractivity (Wildman–Crippen MR) is 83.4 cm³/mol. The Hall–Kier alpha value is -1.06. The molecule has 2 amide bonds. The van der Waals surface area contributed by atoms with Gasteiger partial charge in [0.2, 0.25) is 11.8 Å². The summed E-state index contributed by atoms with van der Waals surface area (Å²) in [5.41, 5.74) is 0. The Morgan fingerprint density at radius 3 is 1.95 bits per heavy atom. The van der Waals surface area contributed by atoms with Crippen molar-refractivity contribution in [3.63, 3.8) is 0 Å². The second-order valence-corrected chi connectivity index (χ2v) is 5.63. The summed E-state index contributed by atoms with van der Waals surface area (Å²) < 4.78 is 0. The molecule has 20 heavy (non-hydrogen) atoms. The topological polar surface area (TPSA) is 49.4 Å². The SMILES string of the molecule is CC.CC1CC(C)N(C(C)C)C1=O.O=C1CCCCN1. The lowest BCUT2D eigenvalue weighted by atomic mass is 10.1. The summed E-state index contributed by atoms with van der Waals surface area (Å²) in [4.78, 5) is 23.8. The van der Waals surface area contributed by atoms with E-state index >= 15 is 0 Å². The third-order valence-electron chi connectivity index (χ3n) is 3.55. The lowest BCUT2D eigenvalue weighted by molar-refractivity contribution is -0.133. The minimum absolute atomic E-state index is 0.214.